The number of nitrogens with zero attached hydrogens (tertiary/aromatic N) is 3. The lowest BCUT2D eigenvalue weighted by Crippen LogP contribution is -2.38. The zero-order valence-electron chi connectivity index (χ0n) is 14.6. The largest absolute Gasteiger partial charge is 0.416 e. The molecule has 0 saturated carbocycles. The number of benzene rings is 1. The van der Waals surface area contributed by atoms with Gasteiger partial charge in [0.15, 0.2) is 0 Å². The maximum atomic E-state index is 13.1. The Morgan fingerprint density at radius 2 is 2.04 bits per heavy atom. The molecule has 1 saturated heterocycles. The van der Waals surface area contributed by atoms with Crippen molar-refractivity contribution in [3.05, 3.63) is 47.8 Å². The molecule has 1 aromatic carbocycles. The molecule has 0 radical (unpaired) electrons. The van der Waals surface area contributed by atoms with Crippen LogP contribution in [0.2, 0.25) is 0 Å². The summed E-state index contributed by atoms with van der Waals surface area (Å²) in [4.78, 5) is 10.6. The van der Waals surface area contributed by atoms with Gasteiger partial charge in [-0.05, 0) is 24.5 Å². The van der Waals surface area contributed by atoms with Gasteiger partial charge in [0, 0.05) is 38.8 Å². The summed E-state index contributed by atoms with van der Waals surface area (Å²) < 4.78 is 39.2. The highest BCUT2D eigenvalue weighted by Gasteiger charge is 2.33. The van der Waals surface area contributed by atoms with Crippen LogP contribution in [-0.2, 0) is 12.7 Å². The van der Waals surface area contributed by atoms with Gasteiger partial charge in [0.1, 0.15) is 18.0 Å². The van der Waals surface area contributed by atoms with Crippen molar-refractivity contribution in [1.29, 1.82) is 0 Å². The topological polar surface area (TPSA) is 53.1 Å². The smallest absolute Gasteiger partial charge is 0.373 e. The number of aromatic nitrogens is 2. The van der Waals surface area contributed by atoms with Crippen molar-refractivity contribution in [1.82, 2.24) is 15.3 Å². The Morgan fingerprint density at radius 3 is 2.81 bits per heavy atom. The molecule has 2 heterocycles. The van der Waals surface area contributed by atoms with E-state index >= 15 is 0 Å². The van der Waals surface area contributed by atoms with Crippen LogP contribution in [0.1, 0.15) is 24.0 Å². The van der Waals surface area contributed by atoms with Gasteiger partial charge in [-0.25, -0.2) is 9.97 Å². The van der Waals surface area contributed by atoms with Gasteiger partial charge >= 0.3 is 6.18 Å². The number of hydrogen-bond donors (Lipinski definition) is 2. The van der Waals surface area contributed by atoms with Crippen LogP contribution in [0.5, 0.6) is 0 Å². The predicted molar refractivity (Wildman–Crippen MR) is 95.1 cm³/mol. The fourth-order valence-corrected chi connectivity index (χ4v) is 3.31. The third-order valence-electron chi connectivity index (χ3n) is 4.60. The minimum Gasteiger partial charge on any atom is -0.373 e. The molecule has 0 aliphatic carbocycles. The van der Waals surface area contributed by atoms with E-state index < -0.39 is 11.7 Å². The Bertz CT molecular complexity index is 735. The van der Waals surface area contributed by atoms with Crippen LogP contribution >= 0.6 is 0 Å². The highest BCUT2D eigenvalue weighted by atomic mass is 19.4. The highest BCUT2D eigenvalue weighted by Crippen LogP contribution is 2.32. The van der Waals surface area contributed by atoms with Gasteiger partial charge in [0.05, 0.1) is 5.56 Å². The fraction of sp³-hybridized carbons (Fsp3) is 0.444. The lowest BCUT2D eigenvalue weighted by molar-refractivity contribution is -0.138. The normalized spacial score (nSPS) is 17.5. The molecule has 1 aliphatic rings. The molecule has 1 aliphatic heterocycles. The summed E-state index contributed by atoms with van der Waals surface area (Å²) >= 11 is 0. The molecule has 1 aromatic heterocycles. The number of anilines is 2. The van der Waals surface area contributed by atoms with Gasteiger partial charge in [-0.15, -0.1) is 0 Å². The molecule has 1 fully saturated rings. The molecule has 3 rings (SSSR count). The molecule has 5 nitrogen and oxygen atoms in total. The molecule has 0 bridgehead atoms. The van der Waals surface area contributed by atoms with Gasteiger partial charge in [0.25, 0.3) is 0 Å². The van der Waals surface area contributed by atoms with E-state index in [2.05, 4.69) is 25.5 Å². The van der Waals surface area contributed by atoms with Crippen molar-refractivity contribution in [2.75, 3.05) is 30.4 Å². The monoisotopic (exact) mass is 365 g/mol. The first-order valence-corrected chi connectivity index (χ1v) is 8.61. The molecular weight excluding hydrogens is 343 g/mol. The standard InChI is InChI=1S/C18H22F3N5/c1-22-16-9-17(25-12-24-16)26-8-4-6-14(26)11-23-10-13-5-2-3-7-15(13)18(19,20)21/h2-3,5,7,9,12,14,23H,4,6,8,10-11H2,1H3,(H,22,24,25). The van der Waals surface area contributed by atoms with Gasteiger partial charge in [-0.1, -0.05) is 18.2 Å². The van der Waals surface area contributed by atoms with Crippen molar-refractivity contribution in [3.63, 3.8) is 0 Å². The van der Waals surface area contributed by atoms with Gasteiger partial charge < -0.3 is 15.5 Å². The van der Waals surface area contributed by atoms with Crippen LogP contribution in [0, 0.1) is 0 Å². The van der Waals surface area contributed by atoms with Crippen molar-refractivity contribution >= 4 is 11.6 Å². The summed E-state index contributed by atoms with van der Waals surface area (Å²) in [7, 11) is 1.80. The van der Waals surface area contributed by atoms with Crippen molar-refractivity contribution in [2.45, 2.75) is 31.6 Å². The summed E-state index contributed by atoms with van der Waals surface area (Å²) in [6.07, 6.45) is -0.803. The van der Waals surface area contributed by atoms with Gasteiger partial charge in [-0.2, -0.15) is 13.2 Å². The second-order valence-electron chi connectivity index (χ2n) is 6.29. The van der Waals surface area contributed by atoms with Crippen LogP contribution < -0.4 is 15.5 Å². The Hall–Kier alpha value is -2.35. The Kier molecular flexibility index (Phi) is 5.61. The van der Waals surface area contributed by atoms with E-state index in [1.165, 1.54) is 18.5 Å². The summed E-state index contributed by atoms with van der Waals surface area (Å²) in [5.74, 6) is 1.58. The van der Waals surface area contributed by atoms with E-state index in [9.17, 15) is 13.2 Å². The third-order valence-corrected chi connectivity index (χ3v) is 4.60. The Labute approximate surface area is 150 Å². The van der Waals surface area contributed by atoms with Crippen molar-refractivity contribution in [2.24, 2.45) is 0 Å². The molecule has 1 atom stereocenters. The molecule has 0 amide bonds. The molecule has 26 heavy (non-hydrogen) atoms. The Morgan fingerprint density at radius 1 is 1.23 bits per heavy atom. The quantitative estimate of drug-likeness (QED) is 0.823. The van der Waals surface area contributed by atoms with E-state index in [0.717, 1.165) is 37.1 Å². The molecule has 1 unspecified atom stereocenters. The first kappa shape index (κ1) is 18.4. The molecule has 140 valence electrons. The van der Waals surface area contributed by atoms with E-state index in [4.69, 9.17) is 0 Å². The average Bonchev–Trinajstić information content (AvgIpc) is 3.10. The van der Waals surface area contributed by atoms with Crippen molar-refractivity contribution < 1.29 is 13.2 Å². The van der Waals surface area contributed by atoms with E-state index in [1.54, 1.807) is 13.1 Å². The summed E-state index contributed by atoms with van der Waals surface area (Å²) in [5.41, 5.74) is -0.311. The van der Waals surface area contributed by atoms with E-state index in [-0.39, 0.29) is 18.2 Å². The summed E-state index contributed by atoms with van der Waals surface area (Å²) in [5, 5.41) is 6.17. The summed E-state index contributed by atoms with van der Waals surface area (Å²) in [6, 6.07) is 7.78. The third kappa shape index (κ3) is 4.24. The Balaban J connectivity index is 1.63. The number of rotatable bonds is 6. The van der Waals surface area contributed by atoms with Crippen LogP contribution in [-0.4, -0.2) is 36.1 Å². The van der Waals surface area contributed by atoms with Crippen molar-refractivity contribution in [3.8, 4) is 0 Å². The lowest BCUT2D eigenvalue weighted by Gasteiger charge is -2.26. The highest BCUT2D eigenvalue weighted by molar-refractivity contribution is 5.49. The molecule has 0 spiro atoms. The number of alkyl halides is 3. The molecule has 8 heteroatoms. The van der Waals surface area contributed by atoms with Crippen LogP contribution in [0.25, 0.3) is 0 Å². The second-order valence-corrected chi connectivity index (χ2v) is 6.29. The SMILES string of the molecule is CNc1cc(N2CCCC2CNCc2ccccc2C(F)(F)F)ncn1. The second kappa shape index (κ2) is 7.90. The van der Waals surface area contributed by atoms with Crippen LogP contribution in [0.4, 0.5) is 24.8 Å². The lowest BCUT2D eigenvalue weighted by atomic mass is 10.1. The number of halogens is 3. The number of nitrogens with one attached hydrogen (secondary N) is 2. The number of hydrogen-bond acceptors (Lipinski definition) is 5. The molecule has 2 N–H and O–H groups in total. The first-order valence-electron chi connectivity index (χ1n) is 8.61. The van der Waals surface area contributed by atoms with Gasteiger partial charge in [0.2, 0.25) is 0 Å². The van der Waals surface area contributed by atoms with Crippen LogP contribution in [0.3, 0.4) is 0 Å². The average molecular weight is 365 g/mol. The van der Waals surface area contributed by atoms with E-state index in [0.29, 0.717) is 6.54 Å². The molecular formula is C18H22F3N5. The minimum absolute atomic E-state index is 0.186. The predicted octanol–water partition coefficient (Wildman–Crippen LogP) is 3.30. The first-order chi connectivity index (χ1) is 12.5. The van der Waals surface area contributed by atoms with Crippen LogP contribution in [0.15, 0.2) is 36.7 Å². The van der Waals surface area contributed by atoms with E-state index in [1.807, 2.05) is 6.07 Å². The zero-order chi connectivity index (χ0) is 18.6. The van der Waals surface area contributed by atoms with Gasteiger partial charge in [-0.3, -0.25) is 0 Å². The minimum atomic E-state index is -4.33. The summed E-state index contributed by atoms with van der Waals surface area (Å²) in [6.45, 7) is 1.67. The maximum Gasteiger partial charge on any atom is 0.416 e. The molecule has 2 aromatic rings. The fourth-order valence-electron chi connectivity index (χ4n) is 3.31. The maximum absolute atomic E-state index is 13.1. The zero-order valence-corrected chi connectivity index (χ0v) is 14.6.